The van der Waals surface area contributed by atoms with Crippen LogP contribution in [0.5, 0.6) is 0 Å². The topological polar surface area (TPSA) is 491 Å². The van der Waals surface area contributed by atoms with Crippen LogP contribution in [0.3, 0.4) is 0 Å². The monoisotopic (exact) mass is 1700 g/mol. The summed E-state index contributed by atoms with van der Waals surface area (Å²) >= 11 is 6.04. The van der Waals surface area contributed by atoms with E-state index in [1.165, 1.54) is 51.2 Å². The number of nitrogens with one attached hydrogen (secondary N) is 4. The summed E-state index contributed by atoms with van der Waals surface area (Å²) in [5.74, 6) is 1.64. The molecule has 3 atom stereocenters. The van der Waals surface area contributed by atoms with Gasteiger partial charge in [-0.3, -0.25) is 39.2 Å². The second-order valence-corrected chi connectivity index (χ2v) is 38.4. The Morgan fingerprint density at radius 1 is 0.527 bits per heavy atom. The molecule has 10 N–H and O–H groups in total. The van der Waals surface area contributed by atoms with Gasteiger partial charge in [-0.15, -0.1) is 0 Å². The number of thiophene rings is 1. The third-order valence-corrected chi connectivity index (χ3v) is 26.9. The molecule has 0 aliphatic carbocycles. The van der Waals surface area contributed by atoms with Gasteiger partial charge in [-0.25, -0.2) is 65.1 Å². The Morgan fingerprint density at radius 3 is 1.25 bits per heavy atom. The molecule has 6 aliphatic rings. The zero-order chi connectivity index (χ0) is 80.9. The van der Waals surface area contributed by atoms with E-state index in [0.29, 0.717) is 98.2 Å². The molecule has 6 aromatic rings. The van der Waals surface area contributed by atoms with Crippen molar-refractivity contribution in [1.82, 2.24) is 84.4 Å². The molecule has 37 nitrogen and oxygen atoms in total. The predicted molar refractivity (Wildman–Crippen MR) is 415 cm³/mol. The summed E-state index contributed by atoms with van der Waals surface area (Å²) in [6.45, 7) is 30.4. The molecule has 6 fully saturated rings. The first-order valence-electron chi connectivity index (χ1n) is 35.5. The smallest absolute Gasteiger partial charge is 0.870 e. The number of aromatic nitrogens is 8. The van der Waals surface area contributed by atoms with Crippen molar-refractivity contribution >= 4 is 109 Å². The van der Waals surface area contributed by atoms with Gasteiger partial charge < -0.3 is 62.5 Å². The number of pyridine rings is 2. The fraction of sp³-hybridized carbons (Fsp3) is 0.574. The van der Waals surface area contributed by atoms with Crippen molar-refractivity contribution in [2.24, 2.45) is 0 Å². The van der Waals surface area contributed by atoms with Crippen molar-refractivity contribution in [3.63, 3.8) is 0 Å². The fourth-order valence-electron chi connectivity index (χ4n) is 12.9. The maximum absolute atomic E-state index is 13.4. The maximum Gasteiger partial charge on any atom is 1.00 e. The summed E-state index contributed by atoms with van der Waals surface area (Å²) in [6.07, 6.45) is 12.0. The van der Waals surface area contributed by atoms with Gasteiger partial charge in [0.25, 0.3) is 19.1 Å². The predicted octanol–water partition coefficient (Wildman–Crippen LogP) is -1.28. The van der Waals surface area contributed by atoms with Crippen molar-refractivity contribution < 1.29 is 117 Å². The average Bonchev–Trinajstić information content (AvgIpc) is 0.948. The number of carbonyl (C=O) groups is 3. The zero-order valence-electron chi connectivity index (χ0n) is 64.9. The van der Waals surface area contributed by atoms with Crippen LogP contribution in [0, 0.1) is 10.1 Å². The number of hydrogen-bond donors (Lipinski definition) is 8. The molecule has 6 aromatic heterocycles. The third kappa shape index (κ3) is 22.8. The number of nitro groups is 1. The minimum Gasteiger partial charge on any atom is -0.870 e. The Bertz CT molecular complexity index is 4570. The van der Waals surface area contributed by atoms with Crippen LogP contribution in [0.25, 0.3) is 0 Å². The molecular formula is C68H99Cl2KN22O15S4. The number of anilines is 4. The summed E-state index contributed by atoms with van der Waals surface area (Å²) in [5.41, 5.74) is 2.24. The average molecular weight is 1700 g/mol. The number of aliphatic hydroxyl groups is 3. The second kappa shape index (κ2) is 37.5. The molecule has 44 heteroatoms. The van der Waals surface area contributed by atoms with Crippen molar-refractivity contribution in [2.75, 3.05) is 138 Å². The Hall–Kier alpha value is -6.08. The van der Waals surface area contributed by atoms with Crippen LogP contribution in [0.4, 0.5) is 28.7 Å². The third-order valence-electron chi connectivity index (χ3n) is 20.1. The van der Waals surface area contributed by atoms with Crippen LogP contribution in [-0.4, -0.2) is 284 Å². The minimum atomic E-state index is -3.97. The summed E-state index contributed by atoms with van der Waals surface area (Å²) in [4.78, 5) is 94.6. The Kier molecular flexibility index (Phi) is 31.1. The number of nitrogen functional groups attached to an aromatic ring is 1. The molecule has 112 heavy (non-hydrogen) atoms. The molecule has 0 radical (unpaired) electrons. The SMILES string of the molecule is CC(C)(O)c1cnc(N2CCN(S(=O)(=O)c3ccc(N)nc3)C[C@@H]2CN2CCNC(=O)C2(C)C)nc1.CC(C)(O)c1cnc(N2CCN(S(=O)(=O)c3ccc([N+](=O)[O-])s3)C[C@@H]2CN2CCNC(=O)C2(C)C)nc1.CC(C)(O)c1cnc(N2CCNC[C@@H]2CN2CCNC(=O)C2(C)C)nc1.O=S(=O)(Cl)c1ccc(Cl)nc1.[K+].[OH-]. The van der Waals surface area contributed by atoms with Gasteiger partial charge in [0.15, 0.2) is 0 Å². The molecule has 0 bridgehead atoms. The number of piperazine rings is 6. The molecule has 0 spiro atoms. The van der Waals surface area contributed by atoms with E-state index in [-0.39, 0.29) is 149 Å². The zero-order valence-corrected chi connectivity index (χ0v) is 72.8. The molecule has 610 valence electrons. The van der Waals surface area contributed by atoms with Crippen LogP contribution >= 0.6 is 33.6 Å². The van der Waals surface area contributed by atoms with Crippen LogP contribution in [0.2, 0.25) is 5.15 Å². The van der Waals surface area contributed by atoms with Crippen molar-refractivity contribution in [2.45, 2.75) is 149 Å². The van der Waals surface area contributed by atoms with E-state index in [1.54, 1.807) is 78.7 Å². The van der Waals surface area contributed by atoms with Gasteiger partial charge in [-0.05, 0) is 125 Å². The van der Waals surface area contributed by atoms with E-state index >= 15 is 0 Å². The molecule has 0 unspecified atom stereocenters. The number of amides is 3. The Morgan fingerprint density at radius 2 is 0.902 bits per heavy atom. The number of carbonyl (C=O) groups excluding carboxylic acids is 3. The van der Waals surface area contributed by atoms with E-state index in [1.807, 2.05) is 56.2 Å². The first-order chi connectivity index (χ1) is 51.2. The molecule has 0 aromatic carbocycles. The van der Waals surface area contributed by atoms with E-state index in [0.717, 1.165) is 38.9 Å². The number of halogens is 2. The van der Waals surface area contributed by atoms with Gasteiger partial charge in [0.1, 0.15) is 25.0 Å². The molecule has 12 rings (SSSR count). The normalized spacial score (nSPS) is 21.0. The first kappa shape index (κ1) is 93.1. The van der Waals surface area contributed by atoms with Gasteiger partial charge in [0, 0.05) is 201 Å². The summed E-state index contributed by atoms with van der Waals surface area (Å²) in [6, 6.07) is 7.47. The van der Waals surface area contributed by atoms with Crippen molar-refractivity contribution in [3.05, 3.63) is 118 Å². The molecule has 0 saturated carbocycles. The van der Waals surface area contributed by atoms with E-state index in [4.69, 9.17) is 28.0 Å². The van der Waals surface area contributed by atoms with Crippen LogP contribution < -0.4 is 93.1 Å². The van der Waals surface area contributed by atoms with E-state index < -0.39 is 73.5 Å². The van der Waals surface area contributed by atoms with Crippen LogP contribution in [-0.2, 0) is 60.3 Å². The number of rotatable bonds is 18. The Balaban J connectivity index is 0.000000218. The standard InChI is InChI=1S/C23H34N8O4S.C22H31N7O6S2.C18H30N6O2.C5H3Cl2NO2S.K.H2O/c1-22(2)20(32)25-7-8-29(22)14-17-15-30(36(34,35)18-5-6-19(24)26-13-18)9-10-31(17)21-27-11-16(12-28-21)23(3,4)33;1-21(2)19(30)23-7-8-26(21)13-16-14-27(37(34,35)18-6-5-17(36-18)29(32)33)9-10-28(16)20-24-11-15(12-25-20)22(3,4)31;1-17(2)15(25)20-6-7-23(17)12-14-11-19-5-8-24(14)16-21-9-13(10-22-16)18(3,4)26;6-5-2-1-4(3-8-5)11(7,9)10;;/h5-6,11-13,17,33H,7-10,14-15H2,1-4H3,(H2,24,26)(H,25,32);5-6,11-12,16,31H,7-10,13-14H2,1-4H3,(H,23,30);9-10,14,19,26H,5-8,11-12H2,1-4H3,(H,20,25);1-3H;;1H2/q;;;;+1;/p-1/t17-;16-;14-;;;/m001.../s1. The minimum absolute atomic E-state index is 0. The number of hydrogen-bond acceptors (Lipinski definition) is 32. The number of nitrogens with zero attached hydrogens (tertiary/aromatic N) is 17. The number of nitrogens with two attached hydrogens (primary N) is 1. The maximum atomic E-state index is 13.4. The second-order valence-electron chi connectivity index (χ2n) is 30.3. The van der Waals surface area contributed by atoms with E-state index in [9.17, 15) is 65.1 Å². The first-order valence-corrected chi connectivity index (χ1v) is 41.9. The quantitative estimate of drug-likeness (QED) is 0.0163. The molecule has 6 aliphatic heterocycles. The fourth-order valence-corrected chi connectivity index (χ4v) is 17.8. The van der Waals surface area contributed by atoms with Crippen LogP contribution in [0.1, 0.15) is 99.8 Å². The molecule has 3 amide bonds. The van der Waals surface area contributed by atoms with Gasteiger partial charge in [0.2, 0.25) is 45.6 Å². The Labute approximate surface area is 708 Å². The van der Waals surface area contributed by atoms with Crippen LogP contribution in [0.15, 0.2) is 100.0 Å². The molecule has 6 saturated heterocycles. The van der Waals surface area contributed by atoms with Crippen molar-refractivity contribution in [1.29, 1.82) is 0 Å². The number of sulfonamides is 2. The van der Waals surface area contributed by atoms with Gasteiger partial charge >= 0.3 is 56.4 Å². The van der Waals surface area contributed by atoms with E-state index in [2.05, 4.69) is 75.8 Å². The summed E-state index contributed by atoms with van der Waals surface area (Å²) < 4.78 is 77.5. The molecule has 12 heterocycles. The van der Waals surface area contributed by atoms with Gasteiger partial charge in [-0.1, -0.05) is 11.6 Å². The molecular weight excluding hydrogens is 1600 g/mol. The van der Waals surface area contributed by atoms with Gasteiger partial charge in [-0.2, -0.15) is 8.61 Å². The summed E-state index contributed by atoms with van der Waals surface area (Å²) in [5, 5.41) is 53.8. The van der Waals surface area contributed by atoms with Gasteiger partial charge in [0.05, 0.1) is 56.5 Å². The summed E-state index contributed by atoms with van der Waals surface area (Å²) in [7, 11) is -6.45. The van der Waals surface area contributed by atoms with Crippen molar-refractivity contribution in [3.8, 4) is 0 Å². The largest absolute Gasteiger partial charge is 1.00 e.